The number of carbonyl (C=O) groups excluding carboxylic acids is 1. The molecular weight excluding hydrogens is 278 g/mol. The Balaban J connectivity index is 1.73. The van der Waals surface area contributed by atoms with Crippen LogP contribution in [0, 0.1) is 0 Å². The third-order valence-corrected chi connectivity index (χ3v) is 4.25. The van der Waals surface area contributed by atoms with Crippen LogP contribution in [-0.4, -0.2) is 52.1 Å². The molecule has 2 rings (SSSR count). The number of amides is 1. The molecule has 1 heterocycles. The summed E-state index contributed by atoms with van der Waals surface area (Å²) in [6, 6.07) is 0.400. The highest BCUT2D eigenvalue weighted by Crippen LogP contribution is 2.31. The molecule has 112 valence electrons. The van der Waals surface area contributed by atoms with E-state index in [1.165, 1.54) is 24.6 Å². The summed E-state index contributed by atoms with van der Waals surface area (Å²) in [6.07, 6.45) is 5.54. The van der Waals surface area contributed by atoms with Gasteiger partial charge in [0.25, 0.3) is 0 Å². The molecule has 0 aromatic carbocycles. The zero-order chi connectivity index (χ0) is 14.2. The summed E-state index contributed by atoms with van der Waals surface area (Å²) in [5, 5.41) is 15.4. The number of carbonyl (C=O) groups is 1. The Morgan fingerprint density at radius 3 is 3.05 bits per heavy atom. The van der Waals surface area contributed by atoms with Crippen molar-refractivity contribution in [2.75, 3.05) is 26.0 Å². The first-order chi connectivity index (χ1) is 9.81. The average molecular weight is 299 g/mol. The van der Waals surface area contributed by atoms with Crippen molar-refractivity contribution >= 4 is 17.7 Å². The number of hydrogen-bond donors (Lipinski definition) is 1. The zero-order valence-corrected chi connectivity index (χ0v) is 12.6. The first-order valence-electron chi connectivity index (χ1n) is 6.97. The fourth-order valence-electron chi connectivity index (χ4n) is 2.28. The molecule has 0 radical (unpaired) electrons. The number of methoxy groups -OCH3 is 1. The third kappa shape index (κ3) is 4.45. The molecule has 7 nitrogen and oxygen atoms in total. The van der Waals surface area contributed by atoms with Gasteiger partial charge in [-0.1, -0.05) is 24.6 Å². The van der Waals surface area contributed by atoms with Crippen molar-refractivity contribution in [1.82, 2.24) is 25.5 Å². The lowest BCUT2D eigenvalue weighted by molar-refractivity contribution is -0.118. The first-order valence-corrected chi connectivity index (χ1v) is 7.96. The van der Waals surface area contributed by atoms with Crippen LogP contribution in [0.4, 0.5) is 0 Å². The minimum atomic E-state index is 0.00655. The van der Waals surface area contributed by atoms with Gasteiger partial charge >= 0.3 is 0 Å². The number of rotatable bonds is 8. The number of ether oxygens (including phenoxy) is 1. The lowest BCUT2D eigenvalue weighted by Crippen LogP contribution is -2.27. The van der Waals surface area contributed by atoms with Crippen molar-refractivity contribution in [3.8, 4) is 0 Å². The number of nitrogens with zero attached hydrogens (tertiary/aromatic N) is 4. The van der Waals surface area contributed by atoms with Gasteiger partial charge < -0.3 is 10.1 Å². The highest BCUT2D eigenvalue weighted by molar-refractivity contribution is 7.99. The Bertz CT molecular complexity index is 420. The van der Waals surface area contributed by atoms with Crippen LogP contribution in [-0.2, 0) is 9.53 Å². The molecule has 1 aromatic heterocycles. The topological polar surface area (TPSA) is 81.9 Å². The number of tetrazole rings is 1. The van der Waals surface area contributed by atoms with Gasteiger partial charge in [0.1, 0.15) is 0 Å². The van der Waals surface area contributed by atoms with Crippen molar-refractivity contribution in [2.24, 2.45) is 0 Å². The molecule has 20 heavy (non-hydrogen) atoms. The van der Waals surface area contributed by atoms with E-state index >= 15 is 0 Å². The summed E-state index contributed by atoms with van der Waals surface area (Å²) >= 11 is 1.40. The lowest BCUT2D eigenvalue weighted by Gasteiger charge is -2.10. The highest BCUT2D eigenvalue weighted by Gasteiger charge is 2.21. The Kier molecular flexibility index (Phi) is 6.25. The fourth-order valence-corrected chi connectivity index (χ4v) is 3.06. The molecule has 0 atom stereocenters. The van der Waals surface area contributed by atoms with Gasteiger partial charge in [-0.3, -0.25) is 4.79 Å². The maximum Gasteiger partial charge on any atom is 0.230 e. The predicted octanol–water partition coefficient (Wildman–Crippen LogP) is 1.03. The van der Waals surface area contributed by atoms with Gasteiger partial charge in [0.2, 0.25) is 11.1 Å². The van der Waals surface area contributed by atoms with E-state index in [2.05, 4.69) is 20.8 Å². The maximum absolute atomic E-state index is 11.7. The Morgan fingerprint density at radius 2 is 2.30 bits per heavy atom. The summed E-state index contributed by atoms with van der Waals surface area (Å²) in [6.45, 7) is 1.30. The van der Waals surface area contributed by atoms with E-state index in [0.717, 1.165) is 24.4 Å². The van der Waals surface area contributed by atoms with Gasteiger partial charge in [-0.05, 0) is 29.7 Å². The smallest absolute Gasteiger partial charge is 0.230 e. The minimum Gasteiger partial charge on any atom is -0.385 e. The molecular formula is C12H21N5O2S. The molecule has 1 aliphatic rings. The Hall–Kier alpha value is -1.15. The van der Waals surface area contributed by atoms with Crippen molar-refractivity contribution in [3.63, 3.8) is 0 Å². The summed E-state index contributed by atoms with van der Waals surface area (Å²) in [5.41, 5.74) is 0. The highest BCUT2D eigenvalue weighted by atomic mass is 32.2. The molecule has 0 saturated heterocycles. The van der Waals surface area contributed by atoms with E-state index in [1.54, 1.807) is 7.11 Å². The molecule has 0 bridgehead atoms. The quantitative estimate of drug-likeness (QED) is 0.570. The van der Waals surface area contributed by atoms with Crippen LogP contribution >= 0.6 is 11.8 Å². The van der Waals surface area contributed by atoms with Gasteiger partial charge in [-0.15, -0.1) is 5.10 Å². The zero-order valence-electron chi connectivity index (χ0n) is 11.7. The third-order valence-electron chi connectivity index (χ3n) is 3.31. The van der Waals surface area contributed by atoms with Gasteiger partial charge in [-0.2, -0.15) is 0 Å². The van der Waals surface area contributed by atoms with Gasteiger partial charge in [0, 0.05) is 20.3 Å². The van der Waals surface area contributed by atoms with Crippen LogP contribution in [0.2, 0.25) is 0 Å². The van der Waals surface area contributed by atoms with Crippen LogP contribution < -0.4 is 5.32 Å². The number of hydrogen-bond acceptors (Lipinski definition) is 6. The molecule has 1 amide bonds. The summed E-state index contributed by atoms with van der Waals surface area (Å²) in [7, 11) is 1.65. The van der Waals surface area contributed by atoms with E-state index in [4.69, 9.17) is 4.74 Å². The number of nitrogens with one attached hydrogen (secondary N) is 1. The van der Waals surface area contributed by atoms with Crippen LogP contribution in [0.1, 0.15) is 38.1 Å². The van der Waals surface area contributed by atoms with E-state index in [-0.39, 0.29) is 5.91 Å². The van der Waals surface area contributed by atoms with Gasteiger partial charge in [-0.25, -0.2) is 4.68 Å². The Labute approximate surface area is 122 Å². The molecule has 1 saturated carbocycles. The van der Waals surface area contributed by atoms with Crippen molar-refractivity contribution < 1.29 is 9.53 Å². The van der Waals surface area contributed by atoms with Crippen molar-refractivity contribution in [3.05, 3.63) is 0 Å². The molecule has 1 aromatic rings. The van der Waals surface area contributed by atoms with Crippen LogP contribution in [0.25, 0.3) is 0 Å². The number of aromatic nitrogens is 4. The standard InChI is InChI=1S/C12H21N5O2S/c1-19-8-4-7-13-11(18)9-20-12-14-15-16-17(12)10-5-2-3-6-10/h10H,2-9H2,1H3,(H,13,18). The maximum atomic E-state index is 11.7. The molecule has 1 fully saturated rings. The molecule has 1 aliphatic carbocycles. The van der Waals surface area contributed by atoms with E-state index in [0.29, 0.717) is 24.9 Å². The average Bonchev–Trinajstić information content (AvgIpc) is 3.11. The van der Waals surface area contributed by atoms with Crippen LogP contribution in [0.5, 0.6) is 0 Å². The summed E-state index contributed by atoms with van der Waals surface area (Å²) < 4.78 is 6.80. The summed E-state index contributed by atoms with van der Waals surface area (Å²) in [5.74, 6) is 0.354. The van der Waals surface area contributed by atoms with Crippen molar-refractivity contribution in [1.29, 1.82) is 0 Å². The minimum absolute atomic E-state index is 0.00655. The monoisotopic (exact) mass is 299 g/mol. The SMILES string of the molecule is COCCCNC(=O)CSc1nnnn1C1CCCC1. The van der Waals surface area contributed by atoms with Crippen molar-refractivity contribution in [2.45, 2.75) is 43.3 Å². The van der Waals surface area contributed by atoms with Crippen LogP contribution in [0.15, 0.2) is 5.16 Å². The second-order valence-electron chi connectivity index (χ2n) is 4.83. The molecule has 0 aliphatic heterocycles. The fraction of sp³-hybridized carbons (Fsp3) is 0.833. The summed E-state index contributed by atoms with van der Waals surface area (Å²) in [4.78, 5) is 11.7. The lowest BCUT2D eigenvalue weighted by atomic mass is 10.3. The van der Waals surface area contributed by atoms with Crippen LogP contribution in [0.3, 0.4) is 0 Å². The molecule has 1 N–H and O–H groups in total. The molecule has 0 spiro atoms. The molecule has 0 unspecified atom stereocenters. The second kappa shape index (κ2) is 8.21. The second-order valence-corrected chi connectivity index (χ2v) is 5.77. The van der Waals surface area contributed by atoms with E-state index < -0.39 is 0 Å². The largest absolute Gasteiger partial charge is 0.385 e. The van der Waals surface area contributed by atoms with Gasteiger partial charge in [0.15, 0.2) is 0 Å². The van der Waals surface area contributed by atoms with E-state index in [9.17, 15) is 4.79 Å². The normalized spacial score (nSPS) is 15.7. The van der Waals surface area contributed by atoms with E-state index in [1.807, 2.05) is 4.68 Å². The predicted molar refractivity (Wildman–Crippen MR) is 75.5 cm³/mol. The Morgan fingerprint density at radius 1 is 1.50 bits per heavy atom. The first kappa shape index (κ1) is 15.2. The number of thioether (sulfide) groups is 1. The van der Waals surface area contributed by atoms with Gasteiger partial charge in [0.05, 0.1) is 11.8 Å². The molecule has 8 heteroatoms.